The van der Waals surface area contributed by atoms with Gasteiger partial charge in [-0.1, -0.05) is 0 Å². The van der Waals surface area contributed by atoms with Gasteiger partial charge in [-0.25, -0.2) is 4.98 Å². The molecule has 0 aromatic carbocycles. The summed E-state index contributed by atoms with van der Waals surface area (Å²) in [4.78, 5) is 16.6. The Labute approximate surface area is 134 Å². The Hall–Kier alpha value is -2.41. The number of hydrogen-bond donors (Lipinski definition) is 2. The molecule has 0 bridgehead atoms. The average Bonchev–Trinajstić information content (AvgIpc) is 3.06. The third-order valence-electron chi connectivity index (χ3n) is 3.99. The van der Waals surface area contributed by atoms with Crippen LogP contribution in [0.25, 0.3) is 0 Å². The molecule has 0 aliphatic carbocycles. The number of carbonyl (C=O) groups is 1. The molecule has 7 heteroatoms. The van der Waals surface area contributed by atoms with Gasteiger partial charge in [0.25, 0.3) is 0 Å². The third-order valence-corrected chi connectivity index (χ3v) is 3.99. The van der Waals surface area contributed by atoms with Crippen molar-refractivity contribution >= 4 is 11.7 Å². The van der Waals surface area contributed by atoms with Gasteiger partial charge in [-0.2, -0.15) is 5.10 Å². The third kappa shape index (κ3) is 3.34. The first-order valence-electron chi connectivity index (χ1n) is 7.78. The van der Waals surface area contributed by atoms with Crippen molar-refractivity contribution in [2.24, 2.45) is 5.92 Å². The predicted molar refractivity (Wildman–Crippen MR) is 83.8 cm³/mol. The Bertz CT molecular complexity index is 685. The number of amides is 1. The molecule has 0 saturated carbocycles. The number of pyridine rings is 1. The Morgan fingerprint density at radius 3 is 3.17 bits per heavy atom. The normalized spacial score (nSPS) is 21.1. The summed E-state index contributed by atoms with van der Waals surface area (Å²) in [5.74, 6) is -0.411. The highest BCUT2D eigenvalue weighted by molar-refractivity contribution is 5.93. The van der Waals surface area contributed by atoms with Crippen molar-refractivity contribution in [3.63, 3.8) is 0 Å². The Balaban J connectivity index is 1.78. The number of aromatic hydroxyl groups is 1. The molecule has 122 valence electrons. The molecule has 2 aromatic heterocycles. The van der Waals surface area contributed by atoms with Gasteiger partial charge in [0.2, 0.25) is 5.91 Å². The van der Waals surface area contributed by atoms with Crippen LogP contribution in [0.1, 0.15) is 31.4 Å². The summed E-state index contributed by atoms with van der Waals surface area (Å²) in [6.07, 6.45) is 6.41. The zero-order chi connectivity index (χ0) is 16.2. The summed E-state index contributed by atoms with van der Waals surface area (Å²) >= 11 is 0. The van der Waals surface area contributed by atoms with E-state index >= 15 is 0 Å². The van der Waals surface area contributed by atoms with Crippen molar-refractivity contribution in [2.75, 3.05) is 11.9 Å². The lowest BCUT2D eigenvalue weighted by atomic mass is 9.90. The fraction of sp³-hybridized carbons (Fsp3) is 0.438. The van der Waals surface area contributed by atoms with E-state index in [-0.39, 0.29) is 29.5 Å². The van der Waals surface area contributed by atoms with Crippen LogP contribution in [0.5, 0.6) is 5.75 Å². The van der Waals surface area contributed by atoms with E-state index in [1.54, 1.807) is 12.3 Å². The molecule has 0 radical (unpaired) electrons. The van der Waals surface area contributed by atoms with Crippen LogP contribution in [0.4, 0.5) is 5.82 Å². The molecular formula is C16H20N4O3. The summed E-state index contributed by atoms with van der Waals surface area (Å²) in [5, 5.41) is 16.7. The summed E-state index contributed by atoms with van der Waals surface area (Å²) in [6.45, 7) is 3.40. The molecule has 0 unspecified atom stereocenters. The van der Waals surface area contributed by atoms with Gasteiger partial charge in [-0.3, -0.25) is 9.48 Å². The summed E-state index contributed by atoms with van der Waals surface area (Å²) in [6, 6.07) is 3.10. The summed E-state index contributed by atoms with van der Waals surface area (Å²) in [5.41, 5.74) is 0.900. The van der Waals surface area contributed by atoms with Crippen LogP contribution >= 0.6 is 0 Å². The Morgan fingerprint density at radius 2 is 2.43 bits per heavy atom. The molecule has 1 aliphatic rings. The number of hydrogen-bond acceptors (Lipinski definition) is 5. The van der Waals surface area contributed by atoms with E-state index in [4.69, 9.17) is 4.74 Å². The number of rotatable bonds is 4. The second kappa shape index (κ2) is 6.78. The SMILES string of the molecule is CCn1cc([C@@H]2OCCC[C@H]2C(=O)Nc2ncccc2O)cn1. The lowest BCUT2D eigenvalue weighted by molar-refractivity contribution is -0.129. The lowest BCUT2D eigenvalue weighted by Gasteiger charge is -2.30. The van der Waals surface area contributed by atoms with E-state index < -0.39 is 0 Å². The molecule has 7 nitrogen and oxygen atoms in total. The fourth-order valence-corrected chi connectivity index (χ4v) is 2.78. The maximum Gasteiger partial charge on any atom is 0.231 e. The molecule has 0 spiro atoms. The average molecular weight is 316 g/mol. The van der Waals surface area contributed by atoms with Gasteiger partial charge >= 0.3 is 0 Å². The molecule has 1 fully saturated rings. The van der Waals surface area contributed by atoms with Crippen molar-refractivity contribution < 1.29 is 14.6 Å². The lowest BCUT2D eigenvalue weighted by Crippen LogP contribution is -2.33. The number of ether oxygens (including phenoxy) is 1. The Morgan fingerprint density at radius 1 is 1.57 bits per heavy atom. The number of aryl methyl sites for hydroxylation is 1. The van der Waals surface area contributed by atoms with E-state index in [1.807, 2.05) is 17.8 Å². The number of anilines is 1. The van der Waals surface area contributed by atoms with Crippen LogP contribution in [-0.2, 0) is 16.1 Å². The van der Waals surface area contributed by atoms with Gasteiger partial charge in [-0.15, -0.1) is 0 Å². The van der Waals surface area contributed by atoms with Gasteiger partial charge in [0.15, 0.2) is 11.6 Å². The monoisotopic (exact) mass is 316 g/mol. The van der Waals surface area contributed by atoms with Gasteiger partial charge in [0, 0.05) is 31.1 Å². The number of nitrogens with one attached hydrogen (secondary N) is 1. The van der Waals surface area contributed by atoms with E-state index in [0.29, 0.717) is 6.61 Å². The van der Waals surface area contributed by atoms with Crippen LogP contribution in [0.3, 0.4) is 0 Å². The molecule has 2 atom stereocenters. The number of carbonyl (C=O) groups excluding carboxylic acids is 1. The molecule has 3 heterocycles. The summed E-state index contributed by atoms with van der Waals surface area (Å²) < 4.78 is 7.64. The highest BCUT2D eigenvalue weighted by atomic mass is 16.5. The minimum Gasteiger partial charge on any atom is -0.504 e. The minimum absolute atomic E-state index is 0.0482. The molecule has 1 aliphatic heterocycles. The topological polar surface area (TPSA) is 89.3 Å². The van der Waals surface area contributed by atoms with E-state index in [9.17, 15) is 9.90 Å². The molecule has 23 heavy (non-hydrogen) atoms. The van der Waals surface area contributed by atoms with Crippen LogP contribution in [0, 0.1) is 5.92 Å². The number of nitrogens with zero attached hydrogens (tertiary/aromatic N) is 3. The quantitative estimate of drug-likeness (QED) is 0.902. The van der Waals surface area contributed by atoms with Crippen LogP contribution in [-0.4, -0.2) is 32.4 Å². The maximum absolute atomic E-state index is 12.6. The highest BCUT2D eigenvalue weighted by Crippen LogP contribution is 2.34. The van der Waals surface area contributed by atoms with Crippen LogP contribution < -0.4 is 5.32 Å². The molecule has 2 N–H and O–H groups in total. The van der Waals surface area contributed by atoms with Crippen molar-refractivity contribution in [3.8, 4) is 5.75 Å². The Kier molecular flexibility index (Phi) is 4.57. The largest absolute Gasteiger partial charge is 0.504 e. The van der Waals surface area contributed by atoms with E-state index in [1.165, 1.54) is 12.3 Å². The molecule has 1 amide bonds. The summed E-state index contributed by atoms with van der Waals surface area (Å²) in [7, 11) is 0. The molecule has 1 saturated heterocycles. The van der Waals surface area contributed by atoms with Crippen LogP contribution in [0.2, 0.25) is 0 Å². The standard InChI is InChI=1S/C16H20N4O3/c1-2-20-10-11(9-18-20)14-12(5-4-8-23-14)16(22)19-15-13(21)6-3-7-17-15/h3,6-7,9-10,12,14,21H,2,4-5,8H2,1H3,(H,17,19,22)/t12-,14+/m1/s1. The zero-order valence-electron chi connectivity index (χ0n) is 13.0. The van der Waals surface area contributed by atoms with Crippen molar-refractivity contribution in [1.29, 1.82) is 0 Å². The van der Waals surface area contributed by atoms with E-state index in [2.05, 4.69) is 15.4 Å². The zero-order valence-corrected chi connectivity index (χ0v) is 13.0. The molecule has 3 rings (SSSR count). The highest BCUT2D eigenvalue weighted by Gasteiger charge is 2.34. The smallest absolute Gasteiger partial charge is 0.231 e. The fourth-order valence-electron chi connectivity index (χ4n) is 2.78. The van der Waals surface area contributed by atoms with Gasteiger partial charge in [0.05, 0.1) is 18.2 Å². The first-order chi connectivity index (χ1) is 11.2. The molecule has 2 aromatic rings. The van der Waals surface area contributed by atoms with Crippen LogP contribution in [0.15, 0.2) is 30.7 Å². The minimum atomic E-state index is -0.334. The first kappa shape index (κ1) is 15.5. The van der Waals surface area contributed by atoms with Gasteiger partial charge in [0.1, 0.15) is 0 Å². The van der Waals surface area contributed by atoms with Crippen molar-refractivity contribution in [1.82, 2.24) is 14.8 Å². The van der Waals surface area contributed by atoms with Gasteiger partial charge < -0.3 is 15.2 Å². The maximum atomic E-state index is 12.6. The number of aromatic nitrogens is 3. The van der Waals surface area contributed by atoms with Gasteiger partial charge in [-0.05, 0) is 31.9 Å². The second-order valence-electron chi connectivity index (χ2n) is 5.53. The second-order valence-corrected chi connectivity index (χ2v) is 5.53. The van der Waals surface area contributed by atoms with E-state index in [0.717, 1.165) is 24.9 Å². The molecular weight excluding hydrogens is 296 g/mol. The first-order valence-corrected chi connectivity index (χ1v) is 7.78. The van der Waals surface area contributed by atoms with Crippen molar-refractivity contribution in [3.05, 3.63) is 36.3 Å². The predicted octanol–water partition coefficient (Wildman–Crippen LogP) is 2.11. The van der Waals surface area contributed by atoms with Crippen molar-refractivity contribution in [2.45, 2.75) is 32.4 Å².